The maximum Gasteiger partial charge on any atom is 0.0750 e. The molecule has 1 heterocycles. The van der Waals surface area contributed by atoms with E-state index < -0.39 is 0 Å². The van der Waals surface area contributed by atoms with Crippen LogP contribution in [0.3, 0.4) is 0 Å². The smallest absolute Gasteiger partial charge is 0.0750 e. The second-order valence-corrected chi connectivity index (χ2v) is 5.42. The Morgan fingerprint density at radius 1 is 1.44 bits per heavy atom. The first-order valence-electron chi connectivity index (χ1n) is 5.97. The monoisotopic (exact) mass is 241 g/mol. The third-order valence-electron chi connectivity index (χ3n) is 2.79. The van der Waals surface area contributed by atoms with Gasteiger partial charge in [0, 0.05) is 18.0 Å². The fraction of sp³-hybridized carbons (Fsp3) is 0.692. The Balaban J connectivity index is 2.65. The van der Waals surface area contributed by atoms with Crippen molar-refractivity contribution >= 4 is 11.3 Å². The van der Waals surface area contributed by atoms with E-state index in [0.717, 1.165) is 13.0 Å². The Labute approximate surface area is 103 Å². The summed E-state index contributed by atoms with van der Waals surface area (Å²) in [4.78, 5) is 1.42. The number of rotatable bonds is 7. The second-order valence-electron chi connectivity index (χ2n) is 4.39. The van der Waals surface area contributed by atoms with Crippen molar-refractivity contribution in [3.63, 3.8) is 0 Å². The van der Waals surface area contributed by atoms with Gasteiger partial charge in [0.25, 0.3) is 0 Å². The number of nitrogens with one attached hydrogen (secondary N) is 1. The molecule has 0 aliphatic heterocycles. The summed E-state index contributed by atoms with van der Waals surface area (Å²) in [6.07, 6.45) is 1.34. The Morgan fingerprint density at radius 3 is 2.62 bits per heavy atom. The topological polar surface area (TPSA) is 21.3 Å². The Bertz CT molecular complexity index is 271. The molecule has 16 heavy (non-hydrogen) atoms. The van der Waals surface area contributed by atoms with Crippen LogP contribution < -0.4 is 5.32 Å². The van der Waals surface area contributed by atoms with Gasteiger partial charge in [0.2, 0.25) is 0 Å². The highest BCUT2D eigenvalue weighted by atomic mass is 32.1. The van der Waals surface area contributed by atoms with Crippen LogP contribution in [0, 0.1) is 5.92 Å². The molecule has 0 saturated carbocycles. The molecule has 1 aromatic heterocycles. The van der Waals surface area contributed by atoms with Crippen LogP contribution in [0.5, 0.6) is 0 Å². The zero-order valence-electron chi connectivity index (χ0n) is 10.7. The summed E-state index contributed by atoms with van der Waals surface area (Å²) in [5.74, 6) is 0.536. The summed E-state index contributed by atoms with van der Waals surface area (Å²) >= 11 is 1.82. The van der Waals surface area contributed by atoms with Gasteiger partial charge >= 0.3 is 0 Å². The van der Waals surface area contributed by atoms with Gasteiger partial charge in [-0.25, -0.2) is 0 Å². The highest BCUT2D eigenvalue weighted by Gasteiger charge is 2.23. The predicted octanol–water partition coefficient (Wildman–Crippen LogP) is 2.94. The average Bonchev–Trinajstić information content (AvgIpc) is 2.71. The molecular formula is C13H23NOS. The van der Waals surface area contributed by atoms with Gasteiger partial charge in [-0.05, 0) is 30.3 Å². The van der Waals surface area contributed by atoms with Crippen LogP contribution >= 0.6 is 11.3 Å². The number of methoxy groups -OCH3 is 1. The molecule has 0 fully saturated rings. The fourth-order valence-corrected chi connectivity index (χ4v) is 2.88. The van der Waals surface area contributed by atoms with Crippen LogP contribution in [0.2, 0.25) is 0 Å². The first-order valence-corrected chi connectivity index (χ1v) is 6.85. The minimum atomic E-state index is 0.280. The molecule has 1 N–H and O–H groups in total. The molecule has 0 aliphatic carbocycles. The number of hydrogen-bond acceptors (Lipinski definition) is 3. The van der Waals surface area contributed by atoms with Crippen molar-refractivity contribution in [2.45, 2.75) is 39.3 Å². The van der Waals surface area contributed by atoms with Gasteiger partial charge < -0.3 is 10.1 Å². The zero-order valence-corrected chi connectivity index (χ0v) is 11.5. The van der Waals surface area contributed by atoms with Gasteiger partial charge in [-0.2, -0.15) is 0 Å². The molecule has 0 spiro atoms. The third kappa shape index (κ3) is 3.89. The van der Waals surface area contributed by atoms with Crippen molar-refractivity contribution in [1.29, 1.82) is 0 Å². The molecule has 0 amide bonds. The van der Waals surface area contributed by atoms with Crippen molar-refractivity contribution in [2.75, 3.05) is 13.7 Å². The summed E-state index contributed by atoms with van der Waals surface area (Å²) < 4.78 is 5.62. The second kappa shape index (κ2) is 7.05. The number of hydrogen-bond donors (Lipinski definition) is 1. The molecule has 2 nitrogen and oxygen atoms in total. The number of ether oxygens (including phenoxy) is 1. The van der Waals surface area contributed by atoms with Gasteiger partial charge in [0.05, 0.1) is 6.10 Å². The highest BCUT2D eigenvalue weighted by molar-refractivity contribution is 7.09. The lowest BCUT2D eigenvalue weighted by Gasteiger charge is -2.29. The first-order chi connectivity index (χ1) is 7.69. The minimum Gasteiger partial charge on any atom is -0.380 e. The van der Waals surface area contributed by atoms with Crippen LogP contribution in [0.4, 0.5) is 0 Å². The molecule has 0 bridgehead atoms. The van der Waals surface area contributed by atoms with Crippen molar-refractivity contribution < 1.29 is 4.74 Å². The van der Waals surface area contributed by atoms with E-state index in [9.17, 15) is 0 Å². The summed E-state index contributed by atoms with van der Waals surface area (Å²) in [5, 5.41) is 5.67. The number of thiophene rings is 1. The zero-order chi connectivity index (χ0) is 12.0. The molecule has 1 rings (SSSR count). The molecule has 0 radical (unpaired) electrons. The van der Waals surface area contributed by atoms with Crippen LogP contribution in [-0.2, 0) is 11.2 Å². The molecule has 0 saturated heterocycles. The lowest BCUT2D eigenvalue weighted by Crippen LogP contribution is -2.45. The van der Waals surface area contributed by atoms with Crippen LogP contribution in [0.15, 0.2) is 17.5 Å². The summed E-state index contributed by atoms with van der Waals surface area (Å²) in [7, 11) is 1.81. The first kappa shape index (κ1) is 13.7. The van der Waals surface area contributed by atoms with Crippen molar-refractivity contribution in [3.8, 4) is 0 Å². The standard InChI is InChI=1S/C13H23NOS/c1-5-14-12(13(15-4)10(2)3)9-11-7-6-8-16-11/h6-8,10,12-14H,5,9H2,1-4H3. The van der Waals surface area contributed by atoms with Gasteiger partial charge in [-0.1, -0.05) is 26.8 Å². The van der Waals surface area contributed by atoms with Gasteiger partial charge in [-0.15, -0.1) is 11.3 Å². The van der Waals surface area contributed by atoms with E-state index in [4.69, 9.17) is 4.74 Å². The highest BCUT2D eigenvalue weighted by Crippen LogP contribution is 2.17. The van der Waals surface area contributed by atoms with E-state index in [-0.39, 0.29) is 6.10 Å². The summed E-state index contributed by atoms with van der Waals surface area (Å²) in [6, 6.07) is 4.72. The molecular weight excluding hydrogens is 218 g/mol. The average molecular weight is 241 g/mol. The van der Waals surface area contributed by atoms with Crippen LogP contribution in [0.25, 0.3) is 0 Å². The SMILES string of the molecule is CCNC(Cc1cccs1)C(OC)C(C)C. The van der Waals surface area contributed by atoms with E-state index in [0.29, 0.717) is 12.0 Å². The number of likely N-dealkylation sites (N-methyl/N-ethyl adjacent to an activating group) is 1. The van der Waals surface area contributed by atoms with Crippen LogP contribution in [0.1, 0.15) is 25.6 Å². The molecule has 2 unspecified atom stereocenters. The van der Waals surface area contributed by atoms with E-state index >= 15 is 0 Å². The van der Waals surface area contributed by atoms with Crippen molar-refractivity contribution in [3.05, 3.63) is 22.4 Å². The maximum absolute atomic E-state index is 5.62. The molecule has 1 aromatic rings. The molecule has 3 heteroatoms. The maximum atomic E-state index is 5.62. The molecule has 92 valence electrons. The quantitative estimate of drug-likeness (QED) is 0.792. The summed E-state index contributed by atoms with van der Waals surface area (Å²) in [5.41, 5.74) is 0. The van der Waals surface area contributed by atoms with Crippen molar-refractivity contribution in [2.24, 2.45) is 5.92 Å². The third-order valence-corrected chi connectivity index (χ3v) is 3.69. The van der Waals surface area contributed by atoms with E-state index in [1.165, 1.54) is 4.88 Å². The normalized spacial score (nSPS) is 15.3. The van der Waals surface area contributed by atoms with Crippen LogP contribution in [-0.4, -0.2) is 25.8 Å². The fourth-order valence-electron chi connectivity index (χ4n) is 2.11. The van der Waals surface area contributed by atoms with E-state index in [1.54, 1.807) is 0 Å². The summed E-state index contributed by atoms with van der Waals surface area (Å²) in [6.45, 7) is 7.57. The van der Waals surface area contributed by atoms with Gasteiger partial charge in [0.1, 0.15) is 0 Å². The van der Waals surface area contributed by atoms with E-state index in [2.05, 4.69) is 43.6 Å². The van der Waals surface area contributed by atoms with Crippen molar-refractivity contribution in [1.82, 2.24) is 5.32 Å². The Hall–Kier alpha value is -0.380. The molecule has 0 aliphatic rings. The largest absolute Gasteiger partial charge is 0.380 e. The van der Waals surface area contributed by atoms with E-state index in [1.807, 2.05) is 18.4 Å². The lowest BCUT2D eigenvalue weighted by atomic mass is 9.96. The lowest BCUT2D eigenvalue weighted by molar-refractivity contribution is 0.0339. The molecule has 2 atom stereocenters. The minimum absolute atomic E-state index is 0.280. The predicted molar refractivity (Wildman–Crippen MR) is 71.1 cm³/mol. The van der Waals surface area contributed by atoms with Gasteiger partial charge in [0.15, 0.2) is 0 Å². The Morgan fingerprint density at radius 2 is 2.19 bits per heavy atom. The molecule has 0 aromatic carbocycles. The van der Waals surface area contributed by atoms with Gasteiger partial charge in [-0.3, -0.25) is 0 Å². The Kier molecular flexibility index (Phi) is 6.03.